The molecule has 1 fully saturated rings. The van der Waals surface area contributed by atoms with Crippen molar-refractivity contribution in [3.8, 4) is 0 Å². The van der Waals surface area contributed by atoms with Crippen molar-refractivity contribution in [2.45, 2.75) is 43.2 Å². The van der Waals surface area contributed by atoms with Crippen LogP contribution in [-0.2, 0) is 9.84 Å². The number of aromatic nitrogens is 2. The maximum atomic E-state index is 11.2. The lowest BCUT2D eigenvalue weighted by Crippen LogP contribution is -2.08. The zero-order chi connectivity index (χ0) is 11.6. The van der Waals surface area contributed by atoms with E-state index in [0.717, 1.165) is 11.8 Å². The van der Waals surface area contributed by atoms with Gasteiger partial charge in [0.1, 0.15) is 0 Å². The van der Waals surface area contributed by atoms with Gasteiger partial charge in [0.25, 0.3) is 0 Å². The first-order chi connectivity index (χ1) is 7.57. The van der Waals surface area contributed by atoms with Crippen molar-refractivity contribution in [1.29, 1.82) is 0 Å². The summed E-state index contributed by atoms with van der Waals surface area (Å²) in [6.45, 7) is 0. The molecule has 0 spiro atoms. The fourth-order valence-corrected chi connectivity index (χ4v) is 2.65. The second-order valence-corrected chi connectivity index (χ2v) is 6.32. The molecule has 16 heavy (non-hydrogen) atoms. The summed E-state index contributed by atoms with van der Waals surface area (Å²) in [7, 11) is -3.27. The van der Waals surface area contributed by atoms with E-state index in [1.807, 2.05) is 0 Å². The summed E-state index contributed by atoms with van der Waals surface area (Å²) in [5.74, 6) is 0.516. The van der Waals surface area contributed by atoms with Gasteiger partial charge < -0.3 is 0 Å². The van der Waals surface area contributed by atoms with Gasteiger partial charge in [-0.2, -0.15) is 0 Å². The Balaban J connectivity index is 2.18. The molecule has 0 radical (unpaired) electrons. The first-order valence-corrected chi connectivity index (χ1v) is 7.48. The van der Waals surface area contributed by atoms with Gasteiger partial charge in [0.05, 0.1) is 0 Å². The minimum atomic E-state index is -3.27. The van der Waals surface area contributed by atoms with E-state index in [1.165, 1.54) is 32.1 Å². The van der Waals surface area contributed by atoms with E-state index >= 15 is 0 Å². The molecule has 5 heteroatoms. The monoisotopic (exact) mass is 240 g/mol. The van der Waals surface area contributed by atoms with Gasteiger partial charge in [0.15, 0.2) is 0 Å². The molecule has 0 unspecified atom stereocenters. The van der Waals surface area contributed by atoms with Crippen LogP contribution in [0.25, 0.3) is 0 Å². The van der Waals surface area contributed by atoms with Gasteiger partial charge in [-0.15, -0.1) is 0 Å². The van der Waals surface area contributed by atoms with Crippen molar-refractivity contribution in [2.24, 2.45) is 0 Å². The van der Waals surface area contributed by atoms with Crippen molar-refractivity contribution in [3.05, 3.63) is 18.0 Å². The highest BCUT2D eigenvalue weighted by atomic mass is 32.2. The first-order valence-electron chi connectivity index (χ1n) is 5.59. The van der Waals surface area contributed by atoms with E-state index in [2.05, 4.69) is 9.97 Å². The summed E-state index contributed by atoms with van der Waals surface area (Å²) in [6, 6.07) is 0. The molecule has 0 saturated heterocycles. The van der Waals surface area contributed by atoms with E-state index in [1.54, 1.807) is 12.4 Å². The molecular weight excluding hydrogens is 224 g/mol. The molecule has 1 aliphatic rings. The Morgan fingerprint density at radius 1 is 1.12 bits per heavy atom. The summed E-state index contributed by atoms with van der Waals surface area (Å²) in [4.78, 5) is 7.85. The molecule has 0 aliphatic heterocycles. The quantitative estimate of drug-likeness (QED) is 0.741. The highest BCUT2D eigenvalue weighted by molar-refractivity contribution is 7.90. The van der Waals surface area contributed by atoms with E-state index in [9.17, 15) is 8.42 Å². The highest BCUT2D eigenvalue weighted by Crippen LogP contribution is 2.31. The summed E-state index contributed by atoms with van der Waals surface area (Å²) < 4.78 is 22.4. The van der Waals surface area contributed by atoms with E-state index < -0.39 is 9.84 Å². The van der Waals surface area contributed by atoms with Gasteiger partial charge in [-0.05, 0) is 24.3 Å². The lowest BCUT2D eigenvalue weighted by Gasteiger charge is -2.21. The third-order valence-electron chi connectivity index (χ3n) is 3.06. The molecule has 1 aromatic rings. The van der Waals surface area contributed by atoms with Crippen LogP contribution in [0.4, 0.5) is 0 Å². The van der Waals surface area contributed by atoms with Crippen LogP contribution in [0, 0.1) is 0 Å². The van der Waals surface area contributed by atoms with Gasteiger partial charge in [-0.3, -0.25) is 0 Å². The average molecular weight is 240 g/mol. The second-order valence-electron chi connectivity index (χ2n) is 4.41. The van der Waals surface area contributed by atoms with Gasteiger partial charge in [-0.1, -0.05) is 19.3 Å². The maximum absolute atomic E-state index is 11.2. The van der Waals surface area contributed by atoms with Crippen molar-refractivity contribution < 1.29 is 8.42 Å². The number of hydrogen-bond acceptors (Lipinski definition) is 4. The van der Waals surface area contributed by atoms with E-state index in [-0.39, 0.29) is 5.16 Å². The molecule has 1 aliphatic carbocycles. The predicted octanol–water partition coefficient (Wildman–Crippen LogP) is 1.93. The maximum Gasteiger partial charge on any atom is 0.246 e. The van der Waals surface area contributed by atoms with Gasteiger partial charge >= 0.3 is 0 Å². The summed E-state index contributed by atoms with van der Waals surface area (Å²) in [5, 5.41) is -0.0768. The summed E-state index contributed by atoms with van der Waals surface area (Å²) in [5.41, 5.74) is 1.08. The largest absolute Gasteiger partial charge is 0.246 e. The molecule has 0 atom stereocenters. The van der Waals surface area contributed by atoms with Crippen LogP contribution in [0.2, 0.25) is 0 Å². The van der Waals surface area contributed by atoms with Crippen LogP contribution in [0.3, 0.4) is 0 Å². The van der Waals surface area contributed by atoms with Crippen molar-refractivity contribution in [2.75, 3.05) is 6.26 Å². The fraction of sp³-hybridized carbons (Fsp3) is 0.636. The van der Waals surface area contributed by atoms with Crippen LogP contribution >= 0.6 is 0 Å². The SMILES string of the molecule is CS(=O)(=O)c1ncc(C2CCCCC2)cn1. The van der Waals surface area contributed by atoms with Gasteiger partial charge in [-0.25, -0.2) is 18.4 Å². The Kier molecular flexibility index (Phi) is 3.23. The van der Waals surface area contributed by atoms with Crippen molar-refractivity contribution in [1.82, 2.24) is 9.97 Å². The van der Waals surface area contributed by atoms with Crippen LogP contribution < -0.4 is 0 Å². The van der Waals surface area contributed by atoms with E-state index in [4.69, 9.17) is 0 Å². The average Bonchev–Trinajstić information content (AvgIpc) is 2.29. The Labute approximate surface area is 96.0 Å². The molecule has 88 valence electrons. The standard InChI is InChI=1S/C11H16N2O2S/c1-16(14,15)11-12-7-10(8-13-11)9-5-3-2-4-6-9/h7-9H,2-6H2,1H3. The number of hydrogen-bond donors (Lipinski definition) is 0. The third kappa shape index (κ3) is 2.58. The van der Waals surface area contributed by atoms with Crippen LogP contribution in [0.15, 0.2) is 17.6 Å². The molecule has 2 rings (SSSR count). The Hall–Kier alpha value is -0.970. The normalized spacial score (nSPS) is 18.6. The highest BCUT2D eigenvalue weighted by Gasteiger charge is 2.17. The minimum Gasteiger partial charge on any atom is -0.227 e. The van der Waals surface area contributed by atoms with Crippen LogP contribution in [0.5, 0.6) is 0 Å². The number of nitrogens with zero attached hydrogens (tertiary/aromatic N) is 2. The lowest BCUT2D eigenvalue weighted by molar-refractivity contribution is 0.441. The smallest absolute Gasteiger partial charge is 0.227 e. The number of sulfone groups is 1. The van der Waals surface area contributed by atoms with Crippen molar-refractivity contribution in [3.63, 3.8) is 0 Å². The molecule has 1 heterocycles. The molecule has 1 saturated carbocycles. The minimum absolute atomic E-state index is 0.0768. The summed E-state index contributed by atoms with van der Waals surface area (Å²) >= 11 is 0. The number of rotatable bonds is 2. The molecule has 0 bridgehead atoms. The Morgan fingerprint density at radius 2 is 1.69 bits per heavy atom. The topological polar surface area (TPSA) is 59.9 Å². The zero-order valence-corrected chi connectivity index (χ0v) is 10.2. The lowest BCUT2D eigenvalue weighted by atomic mass is 9.85. The second kappa shape index (κ2) is 4.49. The fourth-order valence-electron chi connectivity index (χ4n) is 2.16. The van der Waals surface area contributed by atoms with Gasteiger partial charge in [0, 0.05) is 18.6 Å². The molecule has 4 nitrogen and oxygen atoms in total. The summed E-state index contributed by atoms with van der Waals surface area (Å²) in [6.07, 6.45) is 10.6. The first kappa shape index (κ1) is 11.5. The third-order valence-corrected chi connectivity index (χ3v) is 3.93. The molecule has 0 amide bonds. The Bertz CT molecular complexity index is 447. The van der Waals surface area contributed by atoms with Crippen LogP contribution in [0.1, 0.15) is 43.6 Å². The molecule has 0 aromatic carbocycles. The van der Waals surface area contributed by atoms with Crippen LogP contribution in [-0.4, -0.2) is 24.6 Å². The molecule has 1 aromatic heterocycles. The van der Waals surface area contributed by atoms with E-state index in [0.29, 0.717) is 5.92 Å². The zero-order valence-electron chi connectivity index (χ0n) is 9.39. The Morgan fingerprint density at radius 3 is 2.19 bits per heavy atom. The molecule has 0 N–H and O–H groups in total. The molecular formula is C11H16N2O2S. The van der Waals surface area contributed by atoms with Gasteiger partial charge in [0.2, 0.25) is 15.0 Å². The predicted molar refractivity (Wildman–Crippen MR) is 61.0 cm³/mol. The van der Waals surface area contributed by atoms with Crippen molar-refractivity contribution >= 4 is 9.84 Å².